The van der Waals surface area contributed by atoms with Crippen LogP contribution in [0.25, 0.3) is 10.8 Å². The van der Waals surface area contributed by atoms with E-state index in [2.05, 4.69) is 4.98 Å². The van der Waals surface area contributed by atoms with Crippen molar-refractivity contribution in [2.24, 2.45) is 0 Å². The highest BCUT2D eigenvalue weighted by molar-refractivity contribution is 7.89. The minimum atomic E-state index is -3.63. The van der Waals surface area contributed by atoms with Crippen molar-refractivity contribution < 1.29 is 18.0 Å². The van der Waals surface area contributed by atoms with Gasteiger partial charge in [-0.3, -0.25) is 9.59 Å². The molecule has 1 aliphatic heterocycles. The summed E-state index contributed by atoms with van der Waals surface area (Å²) in [5.41, 5.74) is 0.784. The van der Waals surface area contributed by atoms with Crippen LogP contribution in [0.5, 0.6) is 0 Å². The van der Waals surface area contributed by atoms with Gasteiger partial charge in [-0.25, -0.2) is 8.42 Å². The zero-order valence-electron chi connectivity index (χ0n) is 16.0. The maximum Gasteiger partial charge on any atom is 0.270 e. The standard InChI is InChI=1S/C21H21N3O4S/c1-15(25)18-13-20(22-14-18)21(26)23-8-10-24(11-9-23)29(27,28)19-7-6-16-4-2-3-5-17(16)12-19/h2-7,12-14,22H,8-11H2,1H3. The van der Waals surface area contributed by atoms with Crippen LogP contribution in [0.15, 0.2) is 59.6 Å². The Bertz CT molecular complexity index is 1190. The van der Waals surface area contributed by atoms with E-state index >= 15 is 0 Å². The van der Waals surface area contributed by atoms with Gasteiger partial charge in [0.25, 0.3) is 5.91 Å². The van der Waals surface area contributed by atoms with Gasteiger partial charge in [-0.15, -0.1) is 0 Å². The average molecular weight is 411 g/mol. The van der Waals surface area contributed by atoms with Crippen LogP contribution >= 0.6 is 0 Å². The molecule has 0 saturated carbocycles. The van der Waals surface area contributed by atoms with Gasteiger partial charge in [-0.05, 0) is 35.9 Å². The first kappa shape index (κ1) is 19.4. The van der Waals surface area contributed by atoms with E-state index in [1.165, 1.54) is 23.5 Å². The Hall–Kier alpha value is -2.97. The minimum Gasteiger partial charge on any atom is -0.356 e. The second-order valence-electron chi connectivity index (χ2n) is 7.06. The molecule has 8 heteroatoms. The van der Waals surface area contributed by atoms with Crippen LogP contribution in [0.2, 0.25) is 0 Å². The van der Waals surface area contributed by atoms with Gasteiger partial charge >= 0.3 is 0 Å². The maximum atomic E-state index is 13.0. The summed E-state index contributed by atoms with van der Waals surface area (Å²) in [6, 6.07) is 14.3. The predicted molar refractivity (Wildman–Crippen MR) is 109 cm³/mol. The highest BCUT2D eigenvalue weighted by atomic mass is 32.2. The average Bonchev–Trinajstić information content (AvgIpc) is 3.23. The summed E-state index contributed by atoms with van der Waals surface area (Å²) in [7, 11) is -3.63. The number of carbonyl (C=O) groups is 2. The van der Waals surface area contributed by atoms with Gasteiger partial charge in [0.1, 0.15) is 5.69 Å². The molecule has 0 radical (unpaired) electrons. The fraction of sp³-hybridized carbons (Fsp3) is 0.238. The lowest BCUT2D eigenvalue weighted by molar-refractivity contribution is 0.0692. The van der Waals surface area contributed by atoms with E-state index in [1.54, 1.807) is 23.1 Å². The minimum absolute atomic E-state index is 0.119. The third-order valence-electron chi connectivity index (χ3n) is 5.20. The van der Waals surface area contributed by atoms with Crippen LogP contribution in [0, 0.1) is 0 Å². The van der Waals surface area contributed by atoms with Crippen molar-refractivity contribution in [2.75, 3.05) is 26.2 Å². The summed E-state index contributed by atoms with van der Waals surface area (Å²) in [6.45, 7) is 2.47. The Kier molecular flexibility index (Phi) is 4.97. The van der Waals surface area contributed by atoms with Crippen LogP contribution in [-0.2, 0) is 10.0 Å². The highest BCUT2D eigenvalue weighted by Crippen LogP contribution is 2.23. The molecule has 0 unspecified atom stereocenters. The number of fused-ring (bicyclic) bond motifs is 1. The number of H-pyrrole nitrogens is 1. The third-order valence-corrected chi connectivity index (χ3v) is 7.10. The highest BCUT2D eigenvalue weighted by Gasteiger charge is 2.31. The zero-order chi connectivity index (χ0) is 20.6. The third kappa shape index (κ3) is 3.68. The quantitative estimate of drug-likeness (QED) is 0.668. The number of hydrogen-bond acceptors (Lipinski definition) is 4. The Morgan fingerprint density at radius 2 is 1.62 bits per heavy atom. The molecular weight excluding hydrogens is 390 g/mol. The van der Waals surface area contributed by atoms with Crippen molar-refractivity contribution in [1.82, 2.24) is 14.2 Å². The number of Topliss-reactive ketones (excluding diaryl/α,β-unsaturated/α-hetero) is 1. The van der Waals surface area contributed by atoms with E-state index in [9.17, 15) is 18.0 Å². The zero-order valence-corrected chi connectivity index (χ0v) is 16.8. The van der Waals surface area contributed by atoms with Crippen molar-refractivity contribution in [1.29, 1.82) is 0 Å². The lowest BCUT2D eigenvalue weighted by Gasteiger charge is -2.33. The van der Waals surface area contributed by atoms with Crippen molar-refractivity contribution in [3.05, 3.63) is 66.0 Å². The molecule has 150 valence electrons. The molecule has 1 fully saturated rings. The number of amides is 1. The number of carbonyl (C=O) groups excluding carboxylic acids is 2. The summed E-state index contributed by atoms with van der Waals surface area (Å²) < 4.78 is 27.5. The Labute approximate surface area is 169 Å². The van der Waals surface area contributed by atoms with Gasteiger partial charge in [0.05, 0.1) is 4.90 Å². The van der Waals surface area contributed by atoms with E-state index in [0.29, 0.717) is 24.3 Å². The van der Waals surface area contributed by atoms with Gasteiger partial charge in [-0.1, -0.05) is 30.3 Å². The number of nitrogens with one attached hydrogen (secondary N) is 1. The molecule has 1 N–H and O–H groups in total. The van der Waals surface area contributed by atoms with E-state index in [4.69, 9.17) is 0 Å². The van der Waals surface area contributed by atoms with Crippen molar-refractivity contribution >= 4 is 32.5 Å². The summed E-state index contributed by atoms with van der Waals surface area (Å²) in [6.07, 6.45) is 1.51. The molecule has 7 nitrogen and oxygen atoms in total. The molecule has 0 atom stereocenters. The molecule has 0 bridgehead atoms. The van der Waals surface area contributed by atoms with Gasteiger partial charge < -0.3 is 9.88 Å². The summed E-state index contributed by atoms with van der Waals surface area (Å²) in [4.78, 5) is 28.7. The molecule has 2 heterocycles. The SMILES string of the molecule is CC(=O)c1c[nH]c(C(=O)N2CCN(S(=O)(=O)c3ccc4ccccc4c3)CC2)c1. The Morgan fingerprint density at radius 1 is 0.931 bits per heavy atom. The second-order valence-corrected chi connectivity index (χ2v) is 9.00. The van der Waals surface area contributed by atoms with Crippen molar-refractivity contribution in [3.8, 4) is 0 Å². The summed E-state index contributed by atoms with van der Waals surface area (Å²) in [5.74, 6) is -0.355. The first-order chi connectivity index (χ1) is 13.9. The molecule has 0 spiro atoms. The van der Waals surface area contributed by atoms with Crippen LogP contribution in [0.4, 0.5) is 0 Å². The number of ketones is 1. The number of piperazine rings is 1. The summed E-state index contributed by atoms with van der Waals surface area (Å²) in [5, 5.41) is 1.85. The van der Waals surface area contributed by atoms with E-state index in [1.807, 2.05) is 24.3 Å². The fourth-order valence-electron chi connectivity index (χ4n) is 3.50. The van der Waals surface area contributed by atoms with E-state index in [-0.39, 0.29) is 29.7 Å². The van der Waals surface area contributed by atoms with Gasteiger partial charge in [0, 0.05) is 37.9 Å². The first-order valence-corrected chi connectivity index (χ1v) is 10.8. The van der Waals surface area contributed by atoms with Crippen molar-refractivity contribution in [2.45, 2.75) is 11.8 Å². The van der Waals surface area contributed by atoms with Gasteiger partial charge in [0.15, 0.2) is 5.78 Å². The smallest absolute Gasteiger partial charge is 0.270 e. The largest absolute Gasteiger partial charge is 0.356 e. The number of hydrogen-bond donors (Lipinski definition) is 1. The molecule has 1 aromatic heterocycles. The Morgan fingerprint density at radius 3 is 2.28 bits per heavy atom. The molecule has 4 rings (SSSR count). The van der Waals surface area contributed by atoms with Crippen LogP contribution in [0.3, 0.4) is 0 Å². The molecule has 1 amide bonds. The lowest BCUT2D eigenvalue weighted by atomic mass is 10.1. The first-order valence-electron chi connectivity index (χ1n) is 9.34. The van der Waals surface area contributed by atoms with Crippen LogP contribution < -0.4 is 0 Å². The van der Waals surface area contributed by atoms with Gasteiger partial charge in [0.2, 0.25) is 10.0 Å². The topological polar surface area (TPSA) is 90.6 Å². The monoisotopic (exact) mass is 411 g/mol. The molecule has 29 heavy (non-hydrogen) atoms. The summed E-state index contributed by atoms with van der Waals surface area (Å²) >= 11 is 0. The van der Waals surface area contributed by atoms with Crippen LogP contribution in [-0.4, -0.2) is 60.5 Å². The Balaban J connectivity index is 1.47. The molecule has 0 aliphatic carbocycles. The predicted octanol–water partition coefficient (Wildman–Crippen LogP) is 2.52. The van der Waals surface area contributed by atoms with E-state index < -0.39 is 10.0 Å². The van der Waals surface area contributed by atoms with Crippen LogP contribution in [0.1, 0.15) is 27.8 Å². The van der Waals surface area contributed by atoms with Gasteiger partial charge in [-0.2, -0.15) is 4.31 Å². The van der Waals surface area contributed by atoms with E-state index in [0.717, 1.165) is 10.8 Å². The second kappa shape index (κ2) is 7.46. The number of benzene rings is 2. The normalized spacial score (nSPS) is 15.6. The fourth-order valence-corrected chi connectivity index (χ4v) is 4.96. The van der Waals surface area contributed by atoms with Crippen molar-refractivity contribution in [3.63, 3.8) is 0 Å². The lowest BCUT2D eigenvalue weighted by Crippen LogP contribution is -2.50. The maximum absolute atomic E-state index is 13.0. The number of sulfonamides is 1. The number of nitrogens with zero attached hydrogens (tertiary/aromatic N) is 2. The molecule has 2 aromatic carbocycles. The number of aromatic amines is 1. The molecule has 1 aliphatic rings. The number of aromatic nitrogens is 1. The molecule has 1 saturated heterocycles. The molecular formula is C21H21N3O4S. The number of rotatable bonds is 4. The molecule has 3 aromatic rings.